The first-order valence-electron chi connectivity index (χ1n) is 4.58. The maximum atomic E-state index is 12.1. The molecule has 5 heteroatoms. The Bertz CT molecular complexity index is 235. The summed E-state index contributed by atoms with van der Waals surface area (Å²) in [5.41, 5.74) is -0.195. The molecule has 1 fully saturated rings. The van der Waals surface area contributed by atoms with Gasteiger partial charge in [0, 0.05) is 13.1 Å². The van der Waals surface area contributed by atoms with Crippen LogP contribution in [0.1, 0.15) is 26.7 Å². The van der Waals surface area contributed by atoms with Gasteiger partial charge in [0.2, 0.25) is 0 Å². The first-order valence-corrected chi connectivity index (χ1v) is 4.58. The van der Waals surface area contributed by atoms with E-state index < -0.39 is 12.1 Å². The van der Waals surface area contributed by atoms with E-state index in [1.807, 2.05) is 13.8 Å². The summed E-state index contributed by atoms with van der Waals surface area (Å²) in [6, 6.07) is 0. The van der Waals surface area contributed by atoms with Crippen molar-refractivity contribution in [3.05, 3.63) is 0 Å². The fourth-order valence-electron chi connectivity index (χ4n) is 1.78. The lowest BCUT2D eigenvalue weighted by atomic mass is 9.84. The van der Waals surface area contributed by atoms with E-state index in [9.17, 15) is 18.0 Å². The zero-order valence-electron chi connectivity index (χ0n) is 8.32. The maximum Gasteiger partial charge on any atom is 0.471 e. The van der Waals surface area contributed by atoms with Crippen LogP contribution in [-0.2, 0) is 4.79 Å². The van der Waals surface area contributed by atoms with Crippen molar-refractivity contribution in [2.24, 2.45) is 5.41 Å². The zero-order valence-corrected chi connectivity index (χ0v) is 8.32. The van der Waals surface area contributed by atoms with Gasteiger partial charge < -0.3 is 4.90 Å². The summed E-state index contributed by atoms with van der Waals surface area (Å²) in [4.78, 5) is 11.8. The predicted octanol–water partition coefficient (Wildman–Crippen LogP) is 2.20. The average molecular weight is 209 g/mol. The van der Waals surface area contributed by atoms with Gasteiger partial charge in [-0.3, -0.25) is 4.79 Å². The number of carbonyl (C=O) groups excluding carboxylic acids is 1. The average Bonchev–Trinajstić information content (AvgIpc) is 1.99. The molecule has 1 aliphatic heterocycles. The van der Waals surface area contributed by atoms with Crippen molar-refractivity contribution < 1.29 is 18.0 Å². The monoisotopic (exact) mass is 209 g/mol. The standard InChI is InChI=1S/C9H14F3NO/c1-8(2)4-3-5-13(6-8)7(14)9(10,11)12/h3-6H2,1-2H3. The molecule has 0 aromatic heterocycles. The van der Waals surface area contributed by atoms with Crippen molar-refractivity contribution in [3.8, 4) is 0 Å². The molecule has 0 radical (unpaired) electrons. The molecule has 0 atom stereocenters. The lowest BCUT2D eigenvalue weighted by molar-refractivity contribution is -0.188. The Hall–Kier alpha value is -0.740. The molecule has 0 unspecified atom stereocenters. The first-order chi connectivity index (χ1) is 6.22. The van der Waals surface area contributed by atoms with Crippen LogP contribution >= 0.6 is 0 Å². The van der Waals surface area contributed by atoms with Crippen LogP contribution in [0, 0.1) is 5.41 Å². The Morgan fingerprint density at radius 1 is 1.36 bits per heavy atom. The quantitative estimate of drug-likeness (QED) is 0.599. The van der Waals surface area contributed by atoms with E-state index in [-0.39, 0.29) is 18.5 Å². The molecule has 0 aromatic carbocycles. The van der Waals surface area contributed by atoms with Crippen LogP contribution in [0.3, 0.4) is 0 Å². The third-order valence-corrected chi connectivity index (χ3v) is 2.43. The van der Waals surface area contributed by atoms with E-state index in [1.165, 1.54) is 0 Å². The van der Waals surface area contributed by atoms with Gasteiger partial charge in [-0.2, -0.15) is 13.2 Å². The maximum absolute atomic E-state index is 12.1. The fraction of sp³-hybridized carbons (Fsp3) is 0.889. The topological polar surface area (TPSA) is 20.3 Å². The van der Waals surface area contributed by atoms with Gasteiger partial charge in [-0.05, 0) is 18.3 Å². The Kier molecular flexibility index (Phi) is 2.78. The number of carbonyl (C=O) groups is 1. The molecule has 0 N–H and O–H groups in total. The smallest absolute Gasteiger partial charge is 0.334 e. The van der Waals surface area contributed by atoms with Crippen LogP contribution in [0.25, 0.3) is 0 Å². The first kappa shape index (κ1) is 11.3. The van der Waals surface area contributed by atoms with Crippen LogP contribution < -0.4 is 0 Å². The fourth-order valence-corrected chi connectivity index (χ4v) is 1.78. The van der Waals surface area contributed by atoms with Crippen LogP contribution in [0.5, 0.6) is 0 Å². The second kappa shape index (κ2) is 3.44. The van der Waals surface area contributed by atoms with Crippen LogP contribution in [-0.4, -0.2) is 30.1 Å². The normalized spacial score (nSPS) is 22.2. The largest absolute Gasteiger partial charge is 0.471 e. The van der Waals surface area contributed by atoms with Gasteiger partial charge in [0.25, 0.3) is 0 Å². The van der Waals surface area contributed by atoms with Gasteiger partial charge in [0.1, 0.15) is 0 Å². The Morgan fingerprint density at radius 2 is 1.93 bits per heavy atom. The van der Waals surface area contributed by atoms with Crippen LogP contribution in [0.2, 0.25) is 0 Å². The Morgan fingerprint density at radius 3 is 2.36 bits per heavy atom. The number of halogens is 3. The van der Waals surface area contributed by atoms with Gasteiger partial charge in [-0.15, -0.1) is 0 Å². The molecular weight excluding hydrogens is 195 g/mol. The van der Waals surface area contributed by atoms with Crippen molar-refractivity contribution in [1.82, 2.24) is 4.90 Å². The number of hydrogen-bond acceptors (Lipinski definition) is 1. The number of rotatable bonds is 0. The van der Waals surface area contributed by atoms with Gasteiger partial charge in [0.05, 0.1) is 0 Å². The highest BCUT2D eigenvalue weighted by Crippen LogP contribution is 2.30. The molecule has 0 spiro atoms. The summed E-state index contributed by atoms with van der Waals surface area (Å²) in [5, 5.41) is 0. The number of likely N-dealkylation sites (tertiary alicyclic amines) is 1. The molecule has 1 amide bonds. The third-order valence-electron chi connectivity index (χ3n) is 2.43. The van der Waals surface area contributed by atoms with Crippen LogP contribution in [0.4, 0.5) is 13.2 Å². The predicted molar refractivity (Wildman–Crippen MR) is 45.7 cm³/mol. The molecule has 0 aliphatic carbocycles. The van der Waals surface area contributed by atoms with E-state index in [1.54, 1.807) is 0 Å². The second-order valence-electron chi connectivity index (χ2n) is 4.49. The number of nitrogens with zero attached hydrogens (tertiary/aromatic N) is 1. The molecule has 1 saturated heterocycles. The van der Waals surface area contributed by atoms with Gasteiger partial charge in [-0.1, -0.05) is 13.8 Å². The van der Waals surface area contributed by atoms with Gasteiger partial charge in [-0.25, -0.2) is 0 Å². The highest BCUT2D eigenvalue weighted by Gasteiger charge is 2.44. The summed E-state index contributed by atoms with van der Waals surface area (Å²) in [5.74, 6) is -1.70. The van der Waals surface area contributed by atoms with Gasteiger partial charge >= 0.3 is 12.1 Å². The minimum Gasteiger partial charge on any atom is -0.334 e. The lowest BCUT2D eigenvalue weighted by Crippen LogP contribution is -2.48. The van der Waals surface area contributed by atoms with Crippen molar-refractivity contribution >= 4 is 5.91 Å². The van der Waals surface area contributed by atoms with Crippen molar-refractivity contribution in [2.75, 3.05) is 13.1 Å². The summed E-state index contributed by atoms with van der Waals surface area (Å²) in [7, 11) is 0. The summed E-state index contributed by atoms with van der Waals surface area (Å²) < 4.78 is 36.3. The lowest BCUT2D eigenvalue weighted by Gasteiger charge is -2.38. The molecule has 1 rings (SSSR count). The second-order valence-corrected chi connectivity index (χ2v) is 4.49. The summed E-state index contributed by atoms with van der Waals surface area (Å²) in [6.07, 6.45) is -3.21. The highest BCUT2D eigenvalue weighted by atomic mass is 19.4. The minimum atomic E-state index is -4.73. The number of alkyl halides is 3. The Balaban J connectivity index is 2.66. The van der Waals surface area contributed by atoms with E-state index in [2.05, 4.69) is 0 Å². The minimum absolute atomic E-state index is 0.195. The van der Waals surface area contributed by atoms with E-state index in [0.29, 0.717) is 6.42 Å². The molecule has 0 bridgehead atoms. The summed E-state index contributed by atoms with van der Waals surface area (Å²) in [6.45, 7) is 4.18. The van der Waals surface area contributed by atoms with Crippen molar-refractivity contribution in [2.45, 2.75) is 32.9 Å². The van der Waals surface area contributed by atoms with Crippen molar-refractivity contribution in [3.63, 3.8) is 0 Å². The number of hydrogen-bond donors (Lipinski definition) is 0. The molecule has 0 saturated carbocycles. The van der Waals surface area contributed by atoms with Crippen LogP contribution in [0.15, 0.2) is 0 Å². The van der Waals surface area contributed by atoms with E-state index in [0.717, 1.165) is 11.3 Å². The molecule has 1 aliphatic rings. The molecule has 0 aromatic rings. The highest BCUT2D eigenvalue weighted by molar-refractivity contribution is 5.82. The summed E-state index contributed by atoms with van der Waals surface area (Å²) >= 11 is 0. The zero-order chi connectivity index (χ0) is 11.0. The molecule has 2 nitrogen and oxygen atoms in total. The molecule has 1 heterocycles. The molecule has 82 valence electrons. The van der Waals surface area contributed by atoms with E-state index in [4.69, 9.17) is 0 Å². The molecular formula is C9H14F3NO. The number of amides is 1. The SMILES string of the molecule is CC1(C)CCCN(C(=O)C(F)(F)F)C1. The third kappa shape index (κ3) is 2.62. The molecule has 14 heavy (non-hydrogen) atoms. The van der Waals surface area contributed by atoms with Crippen molar-refractivity contribution in [1.29, 1.82) is 0 Å². The Labute approximate surface area is 81.1 Å². The van der Waals surface area contributed by atoms with Gasteiger partial charge in [0.15, 0.2) is 0 Å². The van der Waals surface area contributed by atoms with E-state index >= 15 is 0 Å². The number of piperidine rings is 1.